The zero-order valence-corrected chi connectivity index (χ0v) is 11.9. The van der Waals surface area contributed by atoms with Gasteiger partial charge in [0.1, 0.15) is 5.75 Å². The van der Waals surface area contributed by atoms with Crippen molar-refractivity contribution in [3.05, 3.63) is 41.0 Å². The molecule has 5 nitrogen and oxygen atoms in total. The molecule has 110 valence electrons. The van der Waals surface area contributed by atoms with Crippen LogP contribution in [0.25, 0.3) is 0 Å². The summed E-state index contributed by atoms with van der Waals surface area (Å²) in [7, 11) is 0. The summed E-state index contributed by atoms with van der Waals surface area (Å²) in [5.41, 5.74) is 8.72. The average molecular weight is 285 g/mol. The molecule has 0 spiro atoms. The van der Waals surface area contributed by atoms with Crippen molar-refractivity contribution >= 4 is 0 Å². The van der Waals surface area contributed by atoms with Crippen molar-refractivity contribution < 1.29 is 9.26 Å². The summed E-state index contributed by atoms with van der Waals surface area (Å²) < 4.78 is 11.0. The molecule has 4 rings (SSSR count). The number of aryl methyl sites for hydroxylation is 1. The molecule has 1 fully saturated rings. The number of benzene rings is 1. The lowest BCUT2D eigenvalue weighted by atomic mass is 9.88. The van der Waals surface area contributed by atoms with E-state index in [0.29, 0.717) is 18.4 Å². The van der Waals surface area contributed by atoms with Crippen LogP contribution in [0.2, 0.25) is 0 Å². The quantitative estimate of drug-likeness (QED) is 0.935. The Balaban J connectivity index is 1.45. The average Bonchev–Trinajstić information content (AvgIpc) is 3.25. The van der Waals surface area contributed by atoms with E-state index in [9.17, 15) is 0 Å². The Kier molecular flexibility index (Phi) is 3.15. The predicted octanol–water partition coefficient (Wildman–Crippen LogP) is 2.86. The predicted molar refractivity (Wildman–Crippen MR) is 76.9 cm³/mol. The van der Waals surface area contributed by atoms with Crippen LogP contribution >= 0.6 is 0 Å². The van der Waals surface area contributed by atoms with Gasteiger partial charge in [-0.15, -0.1) is 0 Å². The number of nitrogens with zero attached hydrogens (tertiary/aromatic N) is 2. The zero-order chi connectivity index (χ0) is 14.2. The van der Waals surface area contributed by atoms with Crippen molar-refractivity contribution in [2.45, 2.75) is 50.7 Å². The highest BCUT2D eigenvalue weighted by molar-refractivity contribution is 5.39. The van der Waals surface area contributed by atoms with Crippen LogP contribution in [0.4, 0.5) is 0 Å². The van der Waals surface area contributed by atoms with Crippen LogP contribution in [0, 0.1) is 0 Å². The Morgan fingerprint density at radius 1 is 1.29 bits per heavy atom. The lowest BCUT2D eigenvalue weighted by molar-refractivity contribution is 0.242. The van der Waals surface area contributed by atoms with Crippen molar-refractivity contribution in [3.8, 4) is 5.75 Å². The third kappa shape index (κ3) is 2.65. The van der Waals surface area contributed by atoms with Gasteiger partial charge in [-0.3, -0.25) is 0 Å². The Morgan fingerprint density at radius 3 is 3.05 bits per heavy atom. The molecule has 1 aromatic carbocycles. The summed E-state index contributed by atoms with van der Waals surface area (Å²) in [5.74, 6) is 2.68. The van der Waals surface area contributed by atoms with Crippen molar-refractivity contribution in [1.29, 1.82) is 0 Å². The molecule has 1 saturated carbocycles. The summed E-state index contributed by atoms with van der Waals surface area (Å²) in [5, 5.41) is 3.99. The second-order valence-electron chi connectivity index (χ2n) is 5.97. The van der Waals surface area contributed by atoms with Crippen LogP contribution in [0.1, 0.15) is 60.5 Å². The van der Waals surface area contributed by atoms with Gasteiger partial charge in [0.15, 0.2) is 12.4 Å². The van der Waals surface area contributed by atoms with Crippen molar-refractivity contribution in [2.75, 3.05) is 0 Å². The SMILES string of the molecule is NC1CCCc2ccc(OCc3nc(C4CC4)no3)cc21. The van der Waals surface area contributed by atoms with Gasteiger partial charge in [-0.25, -0.2) is 0 Å². The van der Waals surface area contributed by atoms with Crippen LogP contribution in [0.3, 0.4) is 0 Å². The van der Waals surface area contributed by atoms with E-state index in [4.69, 9.17) is 15.0 Å². The second-order valence-corrected chi connectivity index (χ2v) is 5.97. The van der Waals surface area contributed by atoms with Gasteiger partial charge in [0.05, 0.1) is 0 Å². The van der Waals surface area contributed by atoms with E-state index in [0.717, 1.165) is 24.4 Å². The van der Waals surface area contributed by atoms with Crippen LogP contribution in [0.5, 0.6) is 5.75 Å². The first-order chi connectivity index (χ1) is 10.3. The van der Waals surface area contributed by atoms with E-state index >= 15 is 0 Å². The first kappa shape index (κ1) is 12.8. The number of nitrogens with two attached hydrogens (primary N) is 1. The molecule has 0 radical (unpaired) electrons. The Morgan fingerprint density at radius 2 is 2.19 bits per heavy atom. The molecule has 1 heterocycles. The molecular formula is C16H19N3O2. The molecule has 2 aromatic rings. The number of aromatic nitrogens is 2. The smallest absolute Gasteiger partial charge is 0.264 e. The number of hydrogen-bond acceptors (Lipinski definition) is 5. The minimum absolute atomic E-state index is 0.127. The third-order valence-electron chi connectivity index (χ3n) is 4.27. The van der Waals surface area contributed by atoms with E-state index in [1.54, 1.807) is 0 Å². The fraction of sp³-hybridized carbons (Fsp3) is 0.500. The molecule has 2 aliphatic carbocycles. The van der Waals surface area contributed by atoms with Crippen LogP contribution in [-0.4, -0.2) is 10.1 Å². The van der Waals surface area contributed by atoms with Gasteiger partial charge in [-0.1, -0.05) is 11.2 Å². The molecule has 1 atom stereocenters. The van der Waals surface area contributed by atoms with E-state index in [1.165, 1.54) is 30.4 Å². The van der Waals surface area contributed by atoms with Crippen LogP contribution in [0.15, 0.2) is 22.7 Å². The molecule has 5 heteroatoms. The third-order valence-corrected chi connectivity index (χ3v) is 4.27. The van der Waals surface area contributed by atoms with Crippen LogP contribution < -0.4 is 10.5 Å². The minimum Gasteiger partial charge on any atom is -0.484 e. The first-order valence-corrected chi connectivity index (χ1v) is 7.63. The molecule has 0 bridgehead atoms. The second kappa shape index (κ2) is 5.15. The van der Waals surface area contributed by atoms with E-state index < -0.39 is 0 Å². The first-order valence-electron chi connectivity index (χ1n) is 7.63. The fourth-order valence-electron chi connectivity index (χ4n) is 2.88. The molecule has 0 saturated heterocycles. The fourth-order valence-corrected chi connectivity index (χ4v) is 2.88. The summed E-state index contributed by atoms with van der Waals surface area (Å²) in [6, 6.07) is 6.29. The Hall–Kier alpha value is -1.88. The lowest BCUT2D eigenvalue weighted by Gasteiger charge is -2.22. The van der Waals surface area contributed by atoms with Crippen molar-refractivity contribution in [3.63, 3.8) is 0 Å². The maximum absolute atomic E-state index is 6.17. The van der Waals surface area contributed by atoms with Crippen molar-refractivity contribution in [2.24, 2.45) is 5.73 Å². The monoisotopic (exact) mass is 285 g/mol. The van der Waals surface area contributed by atoms with Gasteiger partial charge < -0.3 is 15.0 Å². The molecule has 1 aromatic heterocycles. The van der Waals surface area contributed by atoms with E-state index in [1.807, 2.05) is 6.07 Å². The summed E-state index contributed by atoms with van der Waals surface area (Å²) >= 11 is 0. The molecular weight excluding hydrogens is 266 g/mol. The molecule has 2 aliphatic rings. The van der Waals surface area contributed by atoms with Gasteiger partial charge in [0, 0.05) is 12.0 Å². The number of rotatable bonds is 4. The van der Waals surface area contributed by atoms with Gasteiger partial charge in [0.25, 0.3) is 5.89 Å². The molecule has 2 N–H and O–H groups in total. The molecule has 1 unspecified atom stereocenters. The number of fused-ring (bicyclic) bond motifs is 1. The van der Waals surface area contributed by atoms with Gasteiger partial charge in [0.2, 0.25) is 0 Å². The highest BCUT2D eigenvalue weighted by Gasteiger charge is 2.28. The van der Waals surface area contributed by atoms with Crippen molar-refractivity contribution in [1.82, 2.24) is 10.1 Å². The zero-order valence-electron chi connectivity index (χ0n) is 11.9. The summed E-state index contributed by atoms with van der Waals surface area (Å²) in [4.78, 5) is 4.36. The topological polar surface area (TPSA) is 74.2 Å². The normalized spacial score (nSPS) is 21.1. The molecule has 21 heavy (non-hydrogen) atoms. The number of ether oxygens (including phenoxy) is 1. The van der Waals surface area contributed by atoms with Gasteiger partial charge in [-0.05, 0) is 55.4 Å². The number of hydrogen-bond donors (Lipinski definition) is 1. The Bertz CT molecular complexity index is 649. The maximum Gasteiger partial charge on any atom is 0.264 e. The van der Waals surface area contributed by atoms with Crippen LogP contribution in [-0.2, 0) is 13.0 Å². The van der Waals surface area contributed by atoms with E-state index in [-0.39, 0.29) is 6.04 Å². The lowest BCUT2D eigenvalue weighted by Crippen LogP contribution is -2.17. The summed E-state index contributed by atoms with van der Waals surface area (Å²) in [6.07, 6.45) is 5.66. The Labute approximate surface area is 123 Å². The highest BCUT2D eigenvalue weighted by Crippen LogP contribution is 2.38. The van der Waals surface area contributed by atoms with E-state index in [2.05, 4.69) is 22.3 Å². The standard InChI is InChI=1S/C16H19N3O2/c17-14-3-1-2-10-6-7-12(8-13(10)14)20-9-15-18-16(19-21-15)11-4-5-11/h6-8,11,14H,1-5,9,17H2. The molecule has 0 aliphatic heterocycles. The highest BCUT2D eigenvalue weighted by atomic mass is 16.5. The summed E-state index contributed by atoms with van der Waals surface area (Å²) in [6.45, 7) is 0.313. The minimum atomic E-state index is 0.127. The maximum atomic E-state index is 6.17. The molecule has 0 amide bonds. The largest absolute Gasteiger partial charge is 0.484 e. The van der Waals surface area contributed by atoms with Gasteiger partial charge in [-0.2, -0.15) is 4.98 Å². The van der Waals surface area contributed by atoms with Gasteiger partial charge >= 0.3 is 0 Å².